The zero-order valence-electron chi connectivity index (χ0n) is 6.05. The molecule has 0 saturated carbocycles. The zero-order chi connectivity index (χ0) is 7.40. The van der Waals surface area contributed by atoms with Gasteiger partial charge in [0.25, 0.3) is 0 Å². The first kappa shape index (κ1) is 7.66. The molecule has 0 aromatic rings. The van der Waals surface area contributed by atoms with E-state index in [-0.39, 0.29) is 5.62 Å². The largest absolute Gasteiger partial charge is 0.327 e. The molecule has 1 rings (SSSR count). The van der Waals surface area contributed by atoms with Gasteiger partial charge in [-0.2, -0.15) is 5.10 Å². The minimum atomic E-state index is -0.133. The van der Waals surface area contributed by atoms with Crippen molar-refractivity contribution in [3.63, 3.8) is 0 Å². The van der Waals surface area contributed by atoms with Gasteiger partial charge in [0.1, 0.15) is 6.34 Å². The molecule has 0 radical (unpaired) electrons. The molecule has 58 valence electrons. The molecule has 0 spiro atoms. The third-order valence-electron chi connectivity index (χ3n) is 1.45. The fourth-order valence-corrected chi connectivity index (χ4v) is 1.02. The number of unbranched alkanes of at least 4 members (excludes halogenated alkanes) is 1. The van der Waals surface area contributed by atoms with Crippen LogP contribution in [0.1, 0.15) is 19.8 Å². The van der Waals surface area contributed by atoms with Gasteiger partial charge < -0.3 is 4.90 Å². The molecule has 4 heteroatoms. The summed E-state index contributed by atoms with van der Waals surface area (Å²) >= 11 is 5.80. The van der Waals surface area contributed by atoms with Gasteiger partial charge in [0.05, 0.1) is 0 Å². The minimum Gasteiger partial charge on any atom is -0.327 e. The Kier molecular flexibility index (Phi) is 2.81. The van der Waals surface area contributed by atoms with Gasteiger partial charge in [-0.05, 0) is 6.42 Å². The van der Waals surface area contributed by atoms with Crippen molar-refractivity contribution in [2.24, 2.45) is 5.10 Å². The van der Waals surface area contributed by atoms with Crippen LogP contribution in [0, 0.1) is 0 Å². The number of halogens is 1. The van der Waals surface area contributed by atoms with Crippen molar-refractivity contribution in [1.82, 2.24) is 10.3 Å². The quantitative estimate of drug-likeness (QED) is 0.497. The summed E-state index contributed by atoms with van der Waals surface area (Å²) < 4.78 is 0. The second-order valence-electron chi connectivity index (χ2n) is 2.30. The third-order valence-corrected chi connectivity index (χ3v) is 1.80. The van der Waals surface area contributed by atoms with Crippen LogP contribution in [-0.4, -0.2) is 23.4 Å². The van der Waals surface area contributed by atoms with E-state index in [9.17, 15) is 0 Å². The van der Waals surface area contributed by atoms with Gasteiger partial charge in [-0.25, -0.2) is 0 Å². The highest BCUT2D eigenvalue weighted by atomic mass is 35.5. The number of rotatable bonds is 3. The molecular weight excluding hydrogens is 150 g/mol. The molecule has 0 amide bonds. The Labute approximate surface area is 66.0 Å². The van der Waals surface area contributed by atoms with Crippen molar-refractivity contribution >= 4 is 17.9 Å². The SMILES string of the molecule is CCCCN1C=NNC1Cl. The maximum Gasteiger partial charge on any atom is 0.193 e. The highest BCUT2D eigenvalue weighted by Crippen LogP contribution is 2.05. The first-order valence-electron chi connectivity index (χ1n) is 3.53. The summed E-state index contributed by atoms with van der Waals surface area (Å²) in [5.74, 6) is 0. The number of hydrazone groups is 1. The molecule has 1 aliphatic rings. The summed E-state index contributed by atoms with van der Waals surface area (Å²) in [5.41, 5.74) is 2.61. The standard InChI is InChI=1S/C6H12ClN3/c1-2-3-4-10-5-8-9-6(10)7/h5-6,9H,2-4H2,1H3. The van der Waals surface area contributed by atoms with Crippen molar-refractivity contribution in [1.29, 1.82) is 0 Å². The summed E-state index contributed by atoms with van der Waals surface area (Å²) in [6.45, 7) is 3.14. The molecule has 0 fully saturated rings. The first-order chi connectivity index (χ1) is 4.84. The molecule has 0 saturated heterocycles. The van der Waals surface area contributed by atoms with Gasteiger partial charge in [-0.15, -0.1) is 0 Å². The van der Waals surface area contributed by atoms with Gasteiger partial charge in [0.15, 0.2) is 5.62 Å². The van der Waals surface area contributed by atoms with Crippen molar-refractivity contribution in [3.8, 4) is 0 Å². The van der Waals surface area contributed by atoms with Crippen LogP contribution < -0.4 is 5.43 Å². The van der Waals surface area contributed by atoms with Crippen LogP contribution in [0.4, 0.5) is 0 Å². The van der Waals surface area contributed by atoms with Gasteiger partial charge in [-0.1, -0.05) is 24.9 Å². The van der Waals surface area contributed by atoms with E-state index in [0.29, 0.717) is 0 Å². The average molecular weight is 162 g/mol. The minimum absolute atomic E-state index is 0.133. The number of alkyl halides is 1. The lowest BCUT2D eigenvalue weighted by molar-refractivity contribution is 0.384. The Morgan fingerprint density at radius 2 is 2.60 bits per heavy atom. The summed E-state index contributed by atoms with van der Waals surface area (Å²) in [4.78, 5) is 1.98. The summed E-state index contributed by atoms with van der Waals surface area (Å²) in [6, 6.07) is 0. The summed E-state index contributed by atoms with van der Waals surface area (Å²) in [7, 11) is 0. The van der Waals surface area contributed by atoms with E-state index in [4.69, 9.17) is 11.6 Å². The monoisotopic (exact) mass is 161 g/mol. The lowest BCUT2D eigenvalue weighted by Crippen LogP contribution is -2.32. The predicted molar refractivity (Wildman–Crippen MR) is 42.9 cm³/mol. The number of nitrogens with zero attached hydrogens (tertiary/aromatic N) is 2. The molecule has 1 aliphatic heterocycles. The second-order valence-corrected chi connectivity index (χ2v) is 2.71. The molecular formula is C6H12ClN3. The number of nitrogens with one attached hydrogen (secondary N) is 1. The molecule has 0 aliphatic carbocycles. The second kappa shape index (κ2) is 3.66. The van der Waals surface area contributed by atoms with Crippen LogP contribution >= 0.6 is 11.6 Å². The van der Waals surface area contributed by atoms with Gasteiger partial charge in [0, 0.05) is 6.54 Å². The molecule has 1 N–H and O–H groups in total. The smallest absolute Gasteiger partial charge is 0.193 e. The van der Waals surface area contributed by atoms with Crippen molar-refractivity contribution in [2.75, 3.05) is 6.54 Å². The van der Waals surface area contributed by atoms with Crippen LogP contribution in [0.25, 0.3) is 0 Å². The highest BCUT2D eigenvalue weighted by molar-refractivity contribution is 6.20. The average Bonchev–Trinajstić information content (AvgIpc) is 2.31. The van der Waals surface area contributed by atoms with E-state index in [1.54, 1.807) is 6.34 Å². The van der Waals surface area contributed by atoms with Crippen LogP contribution in [-0.2, 0) is 0 Å². The van der Waals surface area contributed by atoms with Crippen LogP contribution in [0.2, 0.25) is 0 Å². The maximum absolute atomic E-state index is 5.80. The molecule has 10 heavy (non-hydrogen) atoms. The van der Waals surface area contributed by atoms with Gasteiger partial charge in [-0.3, -0.25) is 5.43 Å². The van der Waals surface area contributed by atoms with E-state index in [0.717, 1.165) is 13.0 Å². The predicted octanol–water partition coefficient (Wildman–Crippen LogP) is 1.16. The van der Waals surface area contributed by atoms with Crippen molar-refractivity contribution in [2.45, 2.75) is 25.4 Å². The highest BCUT2D eigenvalue weighted by Gasteiger charge is 2.14. The van der Waals surface area contributed by atoms with Crippen LogP contribution in [0.5, 0.6) is 0 Å². The van der Waals surface area contributed by atoms with E-state index < -0.39 is 0 Å². The molecule has 1 unspecified atom stereocenters. The number of hydrogen-bond acceptors (Lipinski definition) is 3. The molecule has 0 bridgehead atoms. The van der Waals surface area contributed by atoms with E-state index >= 15 is 0 Å². The Morgan fingerprint density at radius 1 is 1.80 bits per heavy atom. The summed E-state index contributed by atoms with van der Waals surface area (Å²) in [5, 5.41) is 3.82. The van der Waals surface area contributed by atoms with Crippen LogP contribution in [0.15, 0.2) is 5.10 Å². The zero-order valence-corrected chi connectivity index (χ0v) is 6.80. The van der Waals surface area contributed by atoms with Crippen molar-refractivity contribution < 1.29 is 0 Å². The Morgan fingerprint density at radius 3 is 3.10 bits per heavy atom. The molecule has 1 heterocycles. The third kappa shape index (κ3) is 1.77. The van der Waals surface area contributed by atoms with Crippen molar-refractivity contribution in [3.05, 3.63) is 0 Å². The lowest BCUT2D eigenvalue weighted by Gasteiger charge is -2.16. The molecule has 0 aromatic heterocycles. The fraction of sp³-hybridized carbons (Fsp3) is 0.833. The first-order valence-corrected chi connectivity index (χ1v) is 3.96. The normalized spacial score (nSPS) is 23.4. The van der Waals surface area contributed by atoms with E-state index in [1.165, 1.54) is 6.42 Å². The van der Waals surface area contributed by atoms with Crippen LogP contribution in [0.3, 0.4) is 0 Å². The Bertz CT molecular complexity index is 126. The fourth-order valence-electron chi connectivity index (χ4n) is 0.813. The summed E-state index contributed by atoms with van der Waals surface area (Å²) in [6.07, 6.45) is 4.10. The van der Waals surface area contributed by atoms with E-state index in [2.05, 4.69) is 17.5 Å². The molecule has 1 atom stereocenters. The molecule has 0 aromatic carbocycles. The van der Waals surface area contributed by atoms with E-state index in [1.807, 2.05) is 4.90 Å². The Balaban J connectivity index is 2.20. The maximum atomic E-state index is 5.80. The lowest BCUT2D eigenvalue weighted by atomic mass is 10.3. The van der Waals surface area contributed by atoms with Gasteiger partial charge >= 0.3 is 0 Å². The topological polar surface area (TPSA) is 27.6 Å². The number of hydrogen-bond donors (Lipinski definition) is 1. The van der Waals surface area contributed by atoms with Gasteiger partial charge in [0.2, 0.25) is 0 Å². The molecule has 3 nitrogen and oxygen atoms in total. The Hall–Kier alpha value is -0.440.